The molecule has 0 aliphatic carbocycles. The van der Waals surface area contributed by atoms with Gasteiger partial charge in [0.05, 0.1) is 48.7 Å². The van der Waals surface area contributed by atoms with Crippen LogP contribution in [0.4, 0.5) is 0 Å². The molecule has 1 saturated heterocycles. The largest absolute Gasteiger partial charge is 0.392 e. The number of amidine groups is 1. The average molecular weight is 402 g/mol. The SMILES string of the molecule is COC1CN=CC(C2CC(C)=C3C(=O)N(C4=NN(C[C@H](C)O)CC4)[C@H](C)C3=N2)C1. The smallest absolute Gasteiger partial charge is 0.261 e. The third-order valence-corrected chi connectivity index (χ3v) is 6.29. The van der Waals surface area contributed by atoms with Gasteiger partial charge >= 0.3 is 0 Å². The number of methoxy groups -OCH3 is 1. The summed E-state index contributed by atoms with van der Waals surface area (Å²) in [5.41, 5.74) is 2.75. The molecule has 4 aliphatic rings. The molecule has 1 N–H and O–H groups in total. The summed E-state index contributed by atoms with van der Waals surface area (Å²) in [4.78, 5) is 24.6. The van der Waals surface area contributed by atoms with Crippen molar-refractivity contribution in [3.63, 3.8) is 0 Å². The van der Waals surface area contributed by atoms with Gasteiger partial charge in [0.2, 0.25) is 0 Å². The van der Waals surface area contributed by atoms with Gasteiger partial charge in [-0.25, -0.2) is 0 Å². The lowest BCUT2D eigenvalue weighted by Crippen LogP contribution is -2.38. The number of rotatable bonds is 4. The summed E-state index contributed by atoms with van der Waals surface area (Å²) in [6.45, 7) is 7.74. The number of likely N-dealkylation sites (tertiary alicyclic amines) is 1. The van der Waals surface area contributed by atoms with Crippen molar-refractivity contribution >= 4 is 23.7 Å². The molecule has 3 unspecified atom stereocenters. The Morgan fingerprint density at radius 3 is 2.93 bits per heavy atom. The molecule has 29 heavy (non-hydrogen) atoms. The zero-order valence-corrected chi connectivity index (χ0v) is 17.7. The molecule has 0 saturated carbocycles. The second-order valence-corrected chi connectivity index (χ2v) is 8.59. The van der Waals surface area contributed by atoms with Crippen molar-refractivity contribution in [1.82, 2.24) is 9.91 Å². The molecule has 0 radical (unpaired) electrons. The normalized spacial score (nSPS) is 33.2. The molecule has 158 valence electrons. The van der Waals surface area contributed by atoms with Crippen molar-refractivity contribution in [3.05, 3.63) is 11.1 Å². The number of dihydropyridines is 1. The number of nitrogens with zero attached hydrogens (tertiary/aromatic N) is 5. The maximum atomic E-state index is 13.2. The van der Waals surface area contributed by atoms with E-state index >= 15 is 0 Å². The Morgan fingerprint density at radius 1 is 1.41 bits per heavy atom. The number of ether oxygens (including phenoxy) is 1. The Hall–Kier alpha value is -2.06. The predicted octanol–water partition coefficient (Wildman–Crippen LogP) is 1.25. The molecule has 8 heteroatoms. The quantitative estimate of drug-likeness (QED) is 0.768. The number of aliphatic imine (C=N–C) groups is 2. The van der Waals surface area contributed by atoms with E-state index in [1.54, 1.807) is 18.9 Å². The van der Waals surface area contributed by atoms with Crippen LogP contribution in [0.5, 0.6) is 0 Å². The highest BCUT2D eigenvalue weighted by Crippen LogP contribution is 2.35. The van der Waals surface area contributed by atoms with Gasteiger partial charge in [-0.2, -0.15) is 5.10 Å². The predicted molar refractivity (Wildman–Crippen MR) is 112 cm³/mol. The summed E-state index contributed by atoms with van der Waals surface area (Å²) >= 11 is 0. The van der Waals surface area contributed by atoms with Crippen molar-refractivity contribution in [2.45, 2.75) is 64.3 Å². The van der Waals surface area contributed by atoms with E-state index < -0.39 is 6.10 Å². The Balaban J connectivity index is 1.58. The monoisotopic (exact) mass is 401 g/mol. The minimum Gasteiger partial charge on any atom is -0.392 e. The van der Waals surface area contributed by atoms with Crippen molar-refractivity contribution in [3.8, 4) is 0 Å². The minimum absolute atomic E-state index is 0.0110. The van der Waals surface area contributed by atoms with Crippen LogP contribution in [0.15, 0.2) is 26.2 Å². The van der Waals surface area contributed by atoms with Gasteiger partial charge in [0.1, 0.15) is 5.84 Å². The summed E-state index contributed by atoms with van der Waals surface area (Å²) < 4.78 is 5.51. The number of amides is 1. The van der Waals surface area contributed by atoms with E-state index in [1.807, 2.05) is 18.1 Å². The minimum atomic E-state index is -0.449. The molecule has 5 atom stereocenters. The van der Waals surface area contributed by atoms with Crippen LogP contribution >= 0.6 is 0 Å². The fourth-order valence-corrected chi connectivity index (χ4v) is 4.82. The van der Waals surface area contributed by atoms with Crippen molar-refractivity contribution in [2.75, 3.05) is 26.7 Å². The molecule has 0 spiro atoms. The molecule has 0 bridgehead atoms. The lowest BCUT2D eigenvalue weighted by Gasteiger charge is -2.30. The van der Waals surface area contributed by atoms with Crippen LogP contribution in [0.3, 0.4) is 0 Å². The first kappa shape index (κ1) is 20.2. The Bertz CT molecular complexity index is 800. The summed E-state index contributed by atoms with van der Waals surface area (Å²) in [5, 5.41) is 16.1. The second-order valence-electron chi connectivity index (χ2n) is 8.59. The van der Waals surface area contributed by atoms with E-state index in [9.17, 15) is 9.90 Å². The van der Waals surface area contributed by atoms with Crippen LogP contribution in [0.1, 0.15) is 40.0 Å². The van der Waals surface area contributed by atoms with Crippen molar-refractivity contribution < 1.29 is 14.6 Å². The first-order valence-electron chi connectivity index (χ1n) is 10.5. The highest BCUT2D eigenvalue weighted by atomic mass is 16.5. The first-order valence-corrected chi connectivity index (χ1v) is 10.5. The van der Waals surface area contributed by atoms with Crippen LogP contribution < -0.4 is 0 Å². The fourth-order valence-electron chi connectivity index (χ4n) is 4.82. The lowest BCUT2D eigenvalue weighted by atomic mass is 9.84. The van der Waals surface area contributed by atoms with Crippen molar-refractivity contribution in [1.29, 1.82) is 0 Å². The van der Waals surface area contributed by atoms with E-state index in [4.69, 9.17) is 9.73 Å². The number of β-amino-alcohol motifs (C(OH)–C–C–N with tert-alkyl or cyclic N) is 1. The number of carbonyl (C=O) groups is 1. The van der Waals surface area contributed by atoms with E-state index in [2.05, 4.69) is 17.0 Å². The van der Waals surface area contributed by atoms with E-state index in [-0.39, 0.29) is 30.0 Å². The molecule has 0 aromatic heterocycles. The molecule has 0 aromatic carbocycles. The van der Waals surface area contributed by atoms with Crippen LogP contribution in [0.25, 0.3) is 0 Å². The Morgan fingerprint density at radius 2 is 2.21 bits per heavy atom. The van der Waals surface area contributed by atoms with Gasteiger partial charge in [-0.3, -0.25) is 24.7 Å². The number of carbonyl (C=O) groups excluding carboxylic acids is 1. The number of hydrazone groups is 1. The molecule has 1 amide bonds. The number of hydrogen-bond donors (Lipinski definition) is 1. The third-order valence-electron chi connectivity index (χ3n) is 6.29. The third kappa shape index (κ3) is 3.75. The fraction of sp³-hybridized carbons (Fsp3) is 0.714. The van der Waals surface area contributed by atoms with Gasteiger partial charge in [-0.05, 0) is 33.6 Å². The van der Waals surface area contributed by atoms with Crippen LogP contribution in [0, 0.1) is 5.92 Å². The summed E-state index contributed by atoms with van der Waals surface area (Å²) in [6.07, 6.45) is 4.11. The van der Waals surface area contributed by atoms with Gasteiger partial charge in [0.15, 0.2) is 0 Å². The van der Waals surface area contributed by atoms with Crippen LogP contribution in [0.2, 0.25) is 0 Å². The molecular weight excluding hydrogens is 370 g/mol. The first-order chi connectivity index (χ1) is 13.9. The number of aliphatic hydroxyl groups excluding tert-OH is 1. The topological polar surface area (TPSA) is 90.1 Å². The van der Waals surface area contributed by atoms with E-state index in [1.165, 1.54) is 0 Å². The maximum Gasteiger partial charge on any atom is 0.261 e. The zero-order valence-electron chi connectivity index (χ0n) is 17.7. The molecule has 4 heterocycles. The standard InChI is InChI=1S/C21H31N5O3/c1-12-7-17(15-8-16(29-4)10-22-9-15)23-20-14(3)26(21(28)19(12)20)18-5-6-25(24-18)11-13(2)27/h9,13-17,27H,5-8,10-11H2,1-4H3/t13-,14+,15?,16?,17?/m0/s1. The zero-order chi connectivity index (χ0) is 20.7. The second kappa shape index (κ2) is 7.99. The molecule has 1 fully saturated rings. The molecule has 8 nitrogen and oxygen atoms in total. The Labute approximate surface area is 172 Å². The van der Waals surface area contributed by atoms with E-state index in [0.717, 1.165) is 42.1 Å². The maximum absolute atomic E-state index is 13.2. The van der Waals surface area contributed by atoms with E-state index in [0.29, 0.717) is 19.5 Å². The molecular formula is C21H31N5O3. The summed E-state index contributed by atoms with van der Waals surface area (Å²) in [7, 11) is 1.73. The molecule has 0 aromatic rings. The highest BCUT2D eigenvalue weighted by molar-refractivity contribution is 6.33. The van der Waals surface area contributed by atoms with Crippen LogP contribution in [-0.4, -0.2) is 89.7 Å². The van der Waals surface area contributed by atoms with Gasteiger partial charge in [-0.15, -0.1) is 0 Å². The van der Waals surface area contributed by atoms with Crippen molar-refractivity contribution in [2.24, 2.45) is 21.0 Å². The summed E-state index contributed by atoms with van der Waals surface area (Å²) in [5.74, 6) is 1.02. The van der Waals surface area contributed by atoms with Gasteiger partial charge in [0.25, 0.3) is 5.91 Å². The average Bonchev–Trinajstić information content (AvgIpc) is 3.23. The Kier molecular flexibility index (Phi) is 5.57. The van der Waals surface area contributed by atoms with Gasteiger partial charge in [0, 0.05) is 32.2 Å². The van der Waals surface area contributed by atoms with Gasteiger partial charge in [-0.1, -0.05) is 5.57 Å². The summed E-state index contributed by atoms with van der Waals surface area (Å²) in [6, 6.07) is -0.0258. The van der Waals surface area contributed by atoms with Gasteiger partial charge < -0.3 is 9.84 Å². The number of fused-ring (bicyclic) bond motifs is 1. The number of hydrogen-bond acceptors (Lipinski definition) is 7. The van der Waals surface area contributed by atoms with Crippen LogP contribution in [-0.2, 0) is 9.53 Å². The molecule has 4 rings (SSSR count). The highest BCUT2D eigenvalue weighted by Gasteiger charge is 2.45. The molecule has 4 aliphatic heterocycles. The lowest BCUT2D eigenvalue weighted by molar-refractivity contribution is -0.122. The number of aliphatic hydroxyl groups is 1.